The van der Waals surface area contributed by atoms with Crippen LogP contribution in [0.3, 0.4) is 0 Å². The average Bonchev–Trinajstić information content (AvgIpc) is 2.11. The van der Waals surface area contributed by atoms with Crippen LogP contribution in [0.4, 0.5) is 0 Å². The van der Waals surface area contributed by atoms with Crippen molar-refractivity contribution in [3.05, 3.63) is 11.1 Å². The lowest BCUT2D eigenvalue weighted by molar-refractivity contribution is -0.161. The highest BCUT2D eigenvalue weighted by Gasteiger charge is 2.36. The van der Waals surface area contributed by atoms with Gasteiger partial charge in [0.05, 0.1) is 0 Å². The van der Waals surface area contributed by atoms with Crippen molar-refractivity contribution in [1.82, 2.24) is 0 Å². The maximum Gasteiger partial charge on any atom is 0.303 e. The predicted molar refractivity (Wildman–Crippen MR) is 52.8 cm³/mol. The van der Waals surface area contributed by atoms with Crippen LogP contribution in [0.15, 0.2) is 11.1 Å². The Hall–Kier alpha value is -1.12. The second-order valence-corrected chi connectivity index (χ2v) is 4.01. The number of allylic oxidation sites excluding steroid dienone is 1. The fourth-order valence-corrected chi connectivity index (χ4v) is 1.80. The third-order valence-electron chi connectivity index (χ3n) is 2.78. The second-order valence-electron chi connectivity index (χ2n) is 4.01. The van der Waals surface area contributed by atoms with Crippen LogP contribution in [-0.2, 0) is 14.3 Å². The minimum Gasteiger partial charge on any atom is -0.451 e. The topological polar surface area (TPSA) is 43.4 Å². The summed E-state index contributed by atoms with van der Waals surface area (Å²) in [4.78, 5) is 21.8. The molecular formula is C11H16O3. The van der Waals surface area contributed by atoms with Gasteiger partial charge in [0.15, 0.2) is 11.9 Å². The van der Waals surface area contributed by atoms with Crippen LogP contribution >= 0.6 is 0 Å². The normalized spacial score (nSPS) is 27.4. The molecular weight excluding hydrogens is 180 g/mol. The summed E-state index contributed by atoms with van der Waals surface area (Å²) in [5.41, 5.74) is 1.56. The molecule has 0 bridgehead atoms. The molecule has 0 spiro atoms. The van der Waals surface area contributed by atoms with E-state index in [-0.39, 0.29) is 5.97 Å². The van der Waals surface area contributed by atoms with Crippen LogP contribution in [0.5, 0.6) is 0 Å². The Morgan fingerprint density at radius 2 is 2.07 bits per heavy atom. The zero-order valence-electron chi connectivity index (χ0n) is 8.92. The molecule has 1 aliphatic rings. The molecule has 14 heavy (non-hydrogen) atoms. The van der Waals surface area contributed by atoms with Crippen molar-refractivity contribution in [2.45, 2.75) is 45.6 Å². The summed E-state index contributed by atoms with van der Waals surface area (Å²) in [6, 6.07) is 0. The molecule has 0 aromatic rings. The molecule has 0 heterocycles. The predicted octanol–water partition coefficient (Wildman–Crippen LogP) is 2.01. The Kier molecular flexibility index (Phi) is 3.09. The second kappa shape index (κ2) is 3.95. The summed E-state index contributed by atoms with van der Waals surface area (Å²) < 4.78 is 5.11. The highest BCUT2D eigenvalue weighted by molar-refractivity contribution is 5.73. The van der Waals surface area contributed by atoms with Crippen LogP contribution in [0, 0.1) is 0 Å². The number of carbonyl (C=O) groups excluding carboxylic acids is 2. The number of aldehydes is 1. The van der Waals surface area contributed by atoms with Crippen molar-refractivity contribution < 1.29 is 14.3 Å². The van der Waals surface area contributed by atoms with E-state index >= 15 is 0 Å². The Morgan fingerprint density at radius 1 is 1.43 bits per heavy atom. The quantitative estimate of drug-likeness (QED) is 0.385. The van der Waals surface area contributed by atoms with Crippen molar-refractivity contribution in [2.75, 3.05) is 0 Å². The molecule has 0 saturated carbocycles. The highest BCUT2D eigenvalue weighted by Crippen LogP contribution is 2.33. The van der Waals surface area contributed by atoms with E-state index in [9.17, 15) is 9.59 Å². The zero-order valence-corrected chi connectivity index (χ0v) is 8.92. The Labute approximate surface area is 84.1 Å². The molecule has 1 atom stereocenters. The molecule has 0 radical (unpaired) electrons. The van der Waals surface area contributed by atoms with Crippen molar-refractivity contribution in [3.8, 4) is 0 Å². The first-order valence-corrected chi connectivity index (χ1v) is 4.80. The molecule has 0 aliphatic heterocycles. The van der Waals surface area contributed by atoms with Gasteiger partial charge in [-0.2, -0.15) is 0 Å². The Balaban J connectivity index is 2.84. The Bertz CT molecular complexity index is 291. The van der Waals surface area contributed by atoms with Gasteiger partial charge in [0.1, 0.15) is 0 Å². The molecule has 0 aromatic heterocycles. The summed E-state index contributed by atoms with van der Waals surface area (Å²) >= 11 is 0. The third-order valence-corrected chi connectivity index (χ3v) is 2.78. The molecule has 0 amide bonds. The third kappa shape index (κ3) is 2.22. The van der Waals surface area contributed by atoms with Crippen LogP contribution in [-0.4, -0.2) is 17.9 Å². The van der Waals surface area contributed by atoms with E-state index in [1.807, 2.05) is 6.92 Å². The maximum absolute atomic E-state index is 11.0. The number of carbonyl (C=O) groups is 2. The van der Waals surface area contributed by atoms with Gasteiger partial charge in [0, 0.05) is 13.3 Å². The van der Waals surface area contributed by atoms with E-state index < -0.39 is 5.60 Å². The van der Waals surface area contributed by atoms with Gasteiger partial charge in [0.2, 0.25) is 0 Å². The van der Waals surface area contributed by atoms with E-state index in [4.69, 9.17) is 4.74 Å². The van der Waals surface area contributed by atoms with E-state index in [1.54, 1.807) is 0 Å². The SMILES string of the molecule is CC(=O)OC1(C=O)CCC(C)=C(C)C1. The highest BCUT2D eigenvalue weighted by atomic mass is 16.6. The standard InChI is InChI=1S/C11H16O3/c1-8-4-5-11(7-12,6-9(8)2)14-10(3)13/h7H,4-6H2,1-3H3. The molecule has 1 aliphatic carbocycles. The minimum atomic E-state index is -0.893. The van der Waals surface area contributed by atoms with Crippen molar-refractivity contribution in [1.29, 1.82) is 0 Å². The van der Waals surface area contributed by atoms with Gasteiger partial charge >= 0.3 is 5.97 Å². The van der Waals surface area contributed by atoms with E-state index in [1.165, 1.54) is 12.5 Å². The van der Waals surface area contributed by atoms with Gasteiger partial charge in [0.25, 0.3) is 0 Å². The summed E-state index contributed by atoms with van der Waals surface area (Å²) in [5, 5.41) is 0. The molecule has 0 aromatic carbocycles. The smallest absolute Gasteiger partial charge is 0.303 e. The first kappa shape index (κ1) is 11.0. The largest absolute Gasteiger partial charge is 0.451 e. The van der Waals surface area contributed by atoms with Crippen LogP contribution in [0.1, 0.15) is 40.0 Å². The zero-order chi connectivity index (χ0) is 10.8. The lowest BCUT2D eigenvalue weighted by atomic mass is 9.82. The fraction of sp³-hybridized carbons (Fsp3) is 0.636. The van der Waals surface area contributed by atoms with Gasteiger partial charge in [-0.25, -0.2) is 0 Å². The van der Waals surface area contributed by atoms with E-state index in [0.29, 0.717) is 12.8 Å². The first-order valence-electron chi connectivity index (χ1n) is 4.80. The summed E-state index contributed by atoms with van der Waals surface area (Å²) in [7, 11) is 0. The fourth-order valence-electron chi connectivity index (χ4n) is 1.80. The molecule has 1 unspecified atom stereocenters. The molecule has 0 fully saturated rings. The van der Waals surface area contributed by atoms with Crippen LogP contribution in [0.25, 0.3) is 0 Å². The lowest BCUT2D eigenvalue weighted by Gasteiger charge is -2.32. The molecule has 3 nitrogen and oxygen atoms in total. The van der Waals surface area contributed by atoms with Crippen molar-refractivity contribution in [2.24, 2.45) is 0 Å². The lowest BCUT2D eigenvalue weighted by Crippen LogP contribution is -2.38. The first-order chi connectivity index (χ1) is 6.49. The van der Waals surface area contributed by atoms with E-state index in [0.717, 1.165) is 18.3 Å². The van der Waals surface area contributed by atoms with Crippen molar-refractivity contribution >= 4 is 12.3 Å². The van der Waals surface area contributed by atoms with Gasteiger partial charge in [-0.15, -0.1) is 0 Å². The number of hydrogen-bond acceptors (Lipinski definition) is 3. The van der Waals surface area contributed by atoms with Gasteiger partial charge < -0.3 is 4.74 Å². The monoisotopic (exact) mass is 196 g/mol. The molecule has 0 N–H and O–H groups in total. The summed E-state index contributed by atoms with van der Waals surface area (Å²) in [6.45, 7) is 5.37. The average molecular weight is 196 g/mol. The summed E-state index contributed by atoms with van der Waals surface area (Å²) in [5.74, 6) is -0.385. The van der Waals surface area contributed by atoms with Gasteiger partial charge in [-0.1, -0.05) is 11.1 Å². The number of hydrogen-bond donors (Lipinski definition) is 0. The molecule has 0 saturated heterocycles. The Morgan fingerprint density at radius 3 is 2.50 bits per heavy atom. The summed E-state index contributed by atoms with van der Waals surface area (Å²) in [6.07, 6.45) is 2.75. The maximum atomic E-state index is 11.0. The van der Waals surface area contributed by atoms with Crippen molar-refractivity contribution in [3.63, 3.8) is 0 Å². The number of rotatable bonds is 2. The minimum absolute atomic E-state index is 0.385. The van der Waals surface area contributed by atoms with Crippen LogP contribution < -0.4 is 0 Å². The number of ether oxygens (including phenoxy) is 1. The molecule has 3 heteroatoms. The van der Waals surface area contributed by atoms with Crippen LogP contribution in [0.2, 0.25) is 0 Å². The molecule has 1 rings (SSSR count). The van der Waals surface area contributed by atoms with Gasteiger partial charge in [-0.05, 0) is 26.7 Å². The molecule has 78 valence electrons. The van der Waals surface area contributed by atoms with E-state index in [2.05, 4.69) is 6.92 Å². The van der Waals surface area contributed by atoms with Gasteiger partial charge in [-0.3, -0.25) is 9.59 Å². The number of esters is 1.